The van der Waals surface area contributed by atoms with Crippen LogP contribution in [0.1, 0.15) is 49.0 Å². The molecular weight excluding hydrogens is 300 g/mol. The maximum absolute atomic E-state index is 9.77. The molecule has 0 atom stereocenters. The highest BCUT2D eigenvalue weighted by molar-refractivity contribution is 7.16. The van der Waals surface area contributed by atoms with Crippen molar-refractivity contribution in [3.63, 3.8) is 0 Å². The number of hydrogen-bond donors (Lipinski definition) is 2. The highest BCUT2D eigenvalue weighted by Crippen LogP contribution is 2.32. The van der Waals surface area contributed by atoms with Crippen LogP contribution in [-0.2, 0) is 6.54 Å². The molecule has 0 radical (unpaired) electrons. The minimum absolute atomic E-state index is 0.0153. The number of aliphatic hydroxyl groups excluding tert-OH is 2. The van der Waals surface area contributed by atoms with Crippen LogP contribution in [0.3, 0.4) is 0 Å². The first-order chi connectivity index (χ1) is 10.5. The second-order valence-corrected chi connectivity index (χ2v) is 7.64. The number of aliphatic hydroxyl groups is 2. The van der Waals surface area contributed by atoms with Gasteiger partial charge in [-0.3, -0.25) is 4.90 Å². The molecule has 22 heavy (non-hydrogen) atoms. The quantitative estimate of drug-likeness (QED) is 0.873. The van der Waals surface area contributed by atoms with Gasteiger partial charge in [0.15, 0.2) is 0 Å². The van der Waals surface area contributed by atoms with Crippen LogP contribution in [0.2, 0.25) is 0 Å². The van der Waals surface area contributed by atoms with Gasteiger partial charge < -0.3 is 10.2 Å². The number of rotatable bonds is 5. The SMILES string of the molecule is Cc1nn2c(CN3CCCC3(CO)CO)c(C(C)C)nc2s1. The van der Waals surface area contributed by atoms with Crippen molar-refractivity contribution in [2.45, 2.75) is 51.6 Å². The minimum atomic E-state index is -0.510. The molecular formula is C15H24N4O2S. The van der Waals surface area contributed by atoms with E-state index in [-0.39, 0.29) is 13.2 Å². The number of hydrogen-bond acceptors (Lipinski definition) is 6. The van der Waals surface area contributed by atoms with Gasteiger partial charge in [0, 0.05) is 6.54 Å². The lowest BCUT2D eigenvalue weighted by Crippen LogP contribution is -2.49. The molecule has 0 aromatic carbocycles. The topological polar surface area (TPSA) is 73.9 Å². The van der Waals surface area contributed by atoms with Crippen LogP contribution in [0.15, 0.2) is 0 Å². The fourth-order valence-corrected chi connectivity index (χ4v) is 4.11. The summed E-state index contributed by atoms with van der Waals surface area (Å²) in [7, 11) is 0. The molecule has 2 N–H and O–H groups in total. The summed E-state index contributed by atoms with van der Waals surface area (Å²) in [5.41, 5.74) is 1.64. The van der Waals surface area contributed by atoms with Crippen molar-refractivity contribution in [3.05, 3.63) is 16.4 Å². The zero-order valence-corrected chi connectivity index (χ0v) is 14.2. The third kappa shape index (κ3) is 2.46. The zero-order valence-electron chi connectivity index (χ0n) is 13.4. The van der Waals surface area contributed by atoms with Gasteiger partial charge >= 0.3 is 0 Å². The fraction of sp³-hybridized carbons (Fsp3) is 0.733. The van der Waals surface area contributed by atoms with E-state index in [1.54, 1.807) is 11.3 Å². The van der Waals surface area contributed by atoms with E-state index < -0.39 is 5.54 Å². The maximum Gasteiger partial charge on any atom is 0.212 e. The Morgan fingerprint density at radius 1 is 1.32 bits per heavy atom. The fourth-order valence-electron chi connectivity index (χ4n) is 3.34. The maximum atomic E-state index is 9.77. The Hall–Kier alpha value is -1.02. The van der Waals surface area contributed by atoms with Crippen LogP contribution in [0.25, 0.3) is 4.96 Å². The lowest BCUT2D eigenvalue weighted by Gasteiger charge is -2.35. The summed E-state index contributed by atoms with van der Waals surface area (Å²) in [6.45, 7) is 7.78. The second-order valence-electron chi connectivity index (χ2n) is 6.48. The van der Waals surface area contributed by atoms with Crippen molar-refractivity contribution in [2.75, 3.05) is 19.8 Å². The van der Waals surface area contributed by atoms with Gasteiger partial charge in [0.25, 0.3) is 0 Å². The number of imidazole rings is 1. The highest BCUT2D eigenvalue weighted by atomic mass is 32.1. The lowest BCUT2D eigenvalue weighted by atomic mass is 9.98. The Bertz CT molecular complexity index is 660. The van der Waals surface area contributed by atoms with Gasteiger partial charge in [0.05, 0.1) is 30.1 Å². The Morgan fingerprint density at radius 2 is 2.05 bits per heavy atom. The number of fused-ring (bicyclic) bond motifs is 1. The molecule has 6 nitrogen and oxygen atoms in total. The predicted octanol–water partition coefficient (Wildman–Crippen LogP) is 1.54. The summed E-state index contributed by atoms with van der Waals surface area (Å²) in [5.74, 6) is 0.324. The summed E-state index contributed by atoms with van der Waals surface area (Å²) < 4.78 is 1.94. The van der Waals surface area contributed by atoms with Gasteiger partial charge in [0.2, 0.25) is 4.96 Å². The van der Waals surface area contributed by atoms with Crippen molar-refractivity contribution in [3.8, 4) is 0 Å². The van der Waals surface area contributed by atoms with Crippen LogP contribution in [0, 0.1) is 6.92 Å². The molecule has 1 fully saturated rings. The molecule has 7 heteroatoms. The van der Waals surface area contributed by atoms with Gasteiger partial charge in [-0.15, -0.1) is 0 Å². The first-order valence-corrected chi connectivity index (χ1v) is 8.64. The Labute approximate surface area is 134 Å². The van der Waals surface area contributed by atoms with E-state index in [0.717, 1.165) is 40.7 Å². The summed E-state index contributed by atoms with van der Waals surface area (Å²) in [6, 6.07) is 0. The van der Waals surface area contributed by atoms with E-state index in [2.05, 4.69) is 23.8 Å². The molecule has 0 saturated carbocycles. The van der Waals surface area contributed by atoms with Crippen molar-refractivity contribution in [2.24, 2.45) is 0 Å². The van der Waals surface area contributed by atoms with E-state index >= 15 is 0 Å². The third-order valence-corrected chi connectivity index (χ3v) is 5.47. The minimum Gasteiger partial charge on any atom is -0.394 e. The van der Waals surface area contributed by atoms with E-state index in [1.807, 2.05) is 11.4 Å². The lowest BCUT2D eigenvalue weighted by molar-refractivity contribution is 0.00961. The first kappa shape index (κ1) is 15.9. The average Bonchev–Trinajstić information content (AvgIpc) is 3.13. The number of likely N-dealkylation sites (tertiary alicyclic amines) is 1. The Morgan fingerprint density at radius 3 is 2.68 bits per heavy atom. The average molecular weight is 324 g/mol. The van der Waals surface area contributed by atoms with Crippen LogP contribution in [0.5, 0.6) is 0 Å². The van der Waals surface area contributed by atoms with E-state index in [1.165, 1.54) is 0 Å². The first-order valence-electron chi connectivity index (χ1n) is 7.82. The summed E-state index contributed by atoms with van der Waals surface area (Å²) in [6.07, 6.45) is 1.82. The molecule has 122 valence electrons. The van der Waals surface area contributed by atoms with Crippen LogP contribution in [0.4, 0.5) is 0 Å². The molecule has 0 unspecified atom stereocenters. The van der Waals surface area contributed by atoms with Gasteiger partial charge in [-0.05, 0) is 32.2 Å². The van der Waals surface area contributed by atoms with E-state index in [9.17, 15) is 10.2 Å². The molecule has 1 aliphatic rings. The highest BCUT2D eigenvalue weighted by Gasteiger charge is 2.40. The molecule has 3 rings (SSSR count). The zero-order chi connectivity index (χ0) is 15.9. The molecule has 3 heterocycles. The predicted molar refractivity (Wildman–Crippen MR) is 86.2 cm³/mol. The molecule has 0 amide bonds. The van der Waals surface area contributed by atoms with Crippen molar-refractivity contribution >= 4 is 16.3 Å². The van der Waals surface area contributed by atoms with Crippen molar-refractivity contribution in [1.29, 1.82) is 0 Å². The monoisotopic (exact) mass is 324 g/mol. The van der Waals surface area contributed by atoms with Gasteiger partial charge in [-0.25, -0.2) is 9.50 Å². The van der Waals surface area contributed by atoms with Crippen LogP contribution >= 0.6 is 11.3 Å². The molecule has 0 aliphatic carbocycles. The molecule has 1 saturated heterocycles. The number of nitrogens with zero attached hydrogens (tertiary/aromatic N) is 4. The van der Waals surface area contributed by atoms with Crippen molar-refractivity contribution in [1.82, 2.24) is 19.5 Å². The van der Waals surface area contributed by atoms with E-state index in [4.69, 9.17) is 4.98 Å². The molecule has 0 bridgehead atoms. The number of aromatic nitrogens is 3. The third-order valence-electron chi connectivity index (χ3n) is 4.65. The summed E-state index contributed by atoms with van der Waals surface area (Å²) in [4.78, 5) is 7.86. The molecule has 2 aromatic heterocycles. The smallest absolute Gasteiger partial charge is 0.212 e. The van der Waals surface area contributed by atoms with Crippen LogP contribution < -0.4 is 0 Å². The van der Waals surface area contributed by atoms with Crippen molar-refractivity contribution < 1.29 is 10.2 Å². The largest absolute Gasteiger partial charge is 0.394 e. The van der Waals surface area contributed by atoms with Gasteiger partial charge in [0.1, 0.15) is 5.01 Å². The summed E-state index contributed by atoms with van der Waals surface area (Å²) >= 11 is 1.60. The van der Waals surface area contributed by atoms with Gasteiger partial charge in [-0.2, -0.15) is 5.10 Å². The standard InChI is InChI=1S/C15H24N4O2S/c1-10(2)13-12(19-14(16-13)22-11(3)17-19)7-18-6-4-5-15(18,8-20)9-21/h10,20-21H,4-9H2,1-3H3. The Balaban J connectivity index is 2.00. The Kier molecular flexibility index (Phi) is 4.24. The van der Waals surface area contributed by atoms with E-state index in [0.29, 0.717) is 12.5 Å². The van der Waals surface area contributed by atoms with Crippen LogP contribution in [-0.4, -0.2) is 55.0 Å². The molecule has 0 spiro atoms. The van der Waals surface area contributed by atoms with Gasteiger partial charge in [-0.1, -0.05) is 25.2 Å². The molecule has 2 aromatic rings. The molecule has 1 aliphatic heterocycles. The second kappa shape index (κ2) is 5.88. The summed E-state index contributed by atoms with van der Waals surface area (Å²) in [5, 5.41) is 25.1. The normalized spacial score (nSPS) is 18.8. The number of aryl methyl sites for hydroxylation is 1.